The van der Waals surface area contributed by atoms with E-state index in [4.69, 9.17) is 4.74 Å². The second-order valence-corrected chi connectivity index (χ2v) is 3.76. The van der Waals surface area contributed by atoms with E-state index in [0.717, 1.165) is 12.0 Å². The first-order chi connectivity index (χ1) is 8.29. The van der Waals surface area contributed by atoms with Gasteiger partial charge in [-0.1, -0.05) is 37.3 Å². The number of carbonyl (C=O) groups excluding carboxylic acids is 1. The Hall–Kier alpha value is -2.09. The molecule has 0 saturated heterocycles. The third kappa shape index (κ3) is 2.94. The molecule has 0 amide bonds. The van der Waals surface area contributed by atoms with Gasteiger partial charge in [-0.05, 0) is 36.2 Å². The fourth-order valence-electron chi connectivity index (χ4n) is 1.57. The molecule has 0 fully saturated rings. The first kappa shape index (κ1) is 11.4. The van der Waals surface area contributed by atoms with Crippen LogP contribution in [0.3, 0.4) is 0 Å². The molecular weight excluding hydrogens is 212 g/mol. The first-order valence-electron chi connectivity index (χ1n) is 5.66. The lowest BCUT2D eigenvalue weighted by Gasteiger charge is -2.05. The highest BCUT2D eigenvalue weighted by atomic mass is 16.5. The van der Waals surface area contributed by atoms with E-state index in [1.54, 1.807) is 18.2 Å². The molecule has 0 spiro atoms. The lowest BCUT2D eigenvalue weighted by molar-refractivity contribution is 0.0734. The maximum Gasteiger partial charge on any atom is 0.343 e. The second kappa shape index (κ2) is 5.30. The smallest absolute Gasteiger partial charge is 0.343 e. The van der Waals surface area contributed by atoms with Crippen molar-refractivity contribution in [1.29, 1.82) is 0 Å². The van der Waals surface area contributed by atoms with Gasteiger partial charge in [-0.25, -0.2) is 4.79 Å². The fraction of sp³-hybridized carbons (Fsp3) is 0.133. The van der Waals surface area contributed by atoms with Crippen LogP contribution in [0.4, 0.5) is 0 Å². The molecule has 0 aliphatic rings. The van der Waals surface area contributed by atoms with Crippen molar-refractivity contribution in [1.82, 2.24) is 0 Å². The van der Waals surface area contributed by atoms with E-state index in [0.29, 0.717) is 11.3 Å². The van der Waals surface area contributed by atoms with Crippen LogP contribution in [0, 0.1) is 0 Å². The van der Waals surface area contributed by atoms with Crippen LogP contribution in [0.25, 0.3) is 0 Å². The molecule has 2 rings (SSSR count). The van der Waals surface area contributed by atoms with Gasteiger partial charge in [-0.3, -0.25) is 0 Å². The van der Waals surface area contributed by atoms with E-state index in [2.05, 4.69) is 6.92 Å². The molecule has 0 unspecified atom stereocenters. The van der Waals surface area contributed by atoms with Crippen LogP contribution >= 0.6 is 0 Å². The summed E-state index contributed by atoms with van der Waals surface area (Å²) in [6.45, 7) is 2.07. The lowest BCUT2D eigenvalue weighted by Crippen LogP contribution is -2.08. The molecule has 0 heterocycles. The Morgan fingerprint density at radius 2 is 1.82 bits per heavy atom. The molecule has 2 aromatic carbocycles. The van der Waals surface area contributed by atoms with Crippen LogP contribution in [0.1, 0.15) is 22.8 Å². The standard InChI is InChI=1S/C15H14O2/c1-2-12-7-6-10-14(11-12)17-15(16)13-8-4-3-5-9-13/h3-11H,2H2,1H3. The van der Waals surface area contributed by atoms with E-state index >= 15 is 0 Å². The minimum Gasteiger partial charge on any atom is -0.423 e. The molecule has 0 radical (unpaired) electrons. The molecule has 0 aromatic heterocycles. The lowest BCUT2D eigenvalue weighted by atomic mass is 10.1. The molecule has 0 aliphatic carbocycles. The van der Waals surface area contributed by atoms with Crippen LogP contribution in [0.2, 0.25) is 0 Å². The highest BCUT2D eigenvalue weighted by molar-refractivity contribution is 5.90. The van der Waals surface area contributed by atoms with Gasteiger partial charge in [-0.15, -0.1) is 0 Å². The van der Waals surface area contributed by atoms with Crippen LogP contribution < -0.4 is 4.74 Å². The highest BCUT2D eigenvalue weighted by Crippen LogP contribution is 2.15. The zero-order valence-electron chi connectivity index (χ0n) is 9.72. The van der Waals surface area contributed by atoms with Gasteiger partial charge in [0, 0.05) is 0 Å². The summed E-state index contributed by atoms with van der Waals surface area (Å²) in [6, 6.07) is 16.6. The third-order valence-electron chi connectivity index (χ3n) is 2.53. The van der Waals surface area contributed by atoms with Gasteiger partial charge >= 0.3 is 5.97 Å². The zero-order chi connectivity index (χ0) is 12.1. The van der Waals surface area contributed by atoms with Gasteiger partial charge in [0.15, 0.2) is 0 Å². The van der Waals surface area contributed by atoms with E-state index in [1.165, 1.54) is 0 Å². The molecular formula is C15H14O2. The summed E-state index contributed by atoms with van der Waals surface area (Å²) in [7, 11) is 0. The van der Waals surface area contributed by atoms with Crippen LogP contribution in [0.15, 0.2) is 54.6 Å². The van der Waals surface area contributed by atoms with E-state index < -0.39 is 0 Å². The van der Waals surface area contributed by atoms with Crippen LogP contribution in [0.5, 0.6) is 5.75 Å². The molecule has 0 N–H and O–H groups in total. The summed E-state index contributed by atoms with van der Waals surface area (Å²) in [4.78, 5) is 11.8. The van der Waals surface area contributed by atoms with Crippen molar-refractivity contribution in [3.8, 4) is 5.75 Å². The summed E-state index contributed by atoms with van der Waals surface area (Å²) in [5, 5.41) is 0. The van der Waals surface area contributed by atoms with Crippen molar-refractivity contribution in [3.63, 3.8) is 0 Å². The monoisotopic (exact) mass is 226 g/mol. The van der Waals surface area contributed by atoms with Crippen molar-refractivity contribution in [2.75, 3.05) is 0 Å². The van der Waals surface area contributed by atoms with Crippen molar-refractivity contribution < 1.29 is 9.53 Å². The normalized spacial score (nSPS) is 9.94. The average Bonchev–Trinajstić information content (AvgIpc) is 2.40. The molecule has 0 saturated carbocycles. The SMILES string of the molecule is CCc1cccc(OC(=O)c2ccccc2)c1. The van der Waals surface area contributed by atoms with Crippen molar-refractivity contribution in [2.45, 2.75) is 13.3 Å². The van der Waals surface area contributed by atoms with Crippen molar-refractivity contribution in [2.24, 2.45) is 0 Å². The third-order valence-corrected chi connectivity index (χ3v) is 2.53. The number of rotatable bonds is 3. The molecule has 2 nitrogen and oxygen atoms in total. The number of aryl methyl sites for hydroxylation is 1. The van der Waals surface area contributed by atoms with Gasteiger partial charge in [0.2, 0.25) is 0 Å². The topological polar surface area (TPSA) is 26.3 Å². The summed E-state index contributed by atoms with van der Waals surface area (Å²) in [5.74, 6) is 0.275. The Labute approximate surface area is 101 Å². The minimum absolute atomic E-state index is 0.321. The maximum atomic E-state index is 11.8. The predicted molar refractivity (Wildman–Crippen MR) is 67.2 cm³/mol. The largest absolute Gasteiger partial charge is 0.423 e. The van der Waals surface area contributed by atoms with Gasteiger partial charge < -0.3 is 4.74 Å². The molecule has 17 heavy (non-hydrogen) atoms. The molecule has 0 atom stereocenters. The molecule has 0 bridgehead atoms. The van der Waals surface area contributed by atoms with Gasteiger partial charge in [0.05, 0.1) is 5.56 Å². The predicted octanol–water partition coefficient (Wildman–Crippen LogP) is 3.47. The Balaban J connectivity index is 2.13. The number of hydrogen-bond donors (Lipinski definition) is 0. The maximum absolute atomic E-state index is 11.8. The quantitative estimate of drug-likeness (QED) is 0.591. The van der Waals surface area contributed by atoms with Crippen LogP contribution in [-0.4, -0.2) is 5.97 Å². The first-order valence-corrected chi connectivity index (χ1v) is 5.66. The van der Waals surface area contributed by atoms with Gasteiger partial charge in [0.1, 0.15) is 5.75 Å². The Bertz CT molecular complexity index is 503. The Kier molecular flexibility index (Phi) is 3.55. The van der Waals surface area contributed by atoms with E-state index in [-0.39, 0.29) is 5.97 Å². The number of esters is 1. The molecule has 0 aliphatic heterocycles. The van der Waals surface area contributed by atoms with Gasteiger partial charge in [0.25, 0.3) is 0 Å². The van der Waals surface area contributed by atoms with E-state index in [1.807, 2.05) is 36.4 Å². The molecule has 86 valence electrons. The summed E-state index contributed by atoms with van der Waals surface area (Å²) < 4.78 is 5.30. The summed E-state index contributed by atoms with van der Waals surface area (Å²) in [5.41, 5.74) is 1.72. The van der Waals surface area contributed by atoms with E-state index in [9.17, 15) is 4.79 Å². The fourth-order valence-corrected chi connectivity index (χ4v) is 1.57. The summed E-state index contributed by atoms with van der Waals surface area (Å²) >= 11 is 0. The number of benzene rings is 2. The number of ether oxygens (including phenoxy) is 1. The number of hydrogen-bond acceptors (Lipinski definition) is 2. The average molecular weight is 226 g/mol. The molecule has 2 heteroatoms. The van der Waals surface area contributed by atoms with Gasteiger partial charge in [-0.2, -0.15) is 0 Å². The summed E-state index contributed by atoms with van der Waals surface area (Å²) in [6.07, 6.45) is 0.927. The Morgan fingerprint density at radius 3 is 2.53 bits per heavy atom. The van der Waals surface area contributed by atoms with Crippen LogP contribution in [-0.2, 0) is 6.42 Å². The minimum atomic E-state index is -0.321. The second-order valence-electron chi connectivity index (χ2n) is 3.76. The zero-order valence-corrected chi connectivity index (χ0v) is 9.72. The van der Waals surface area contributed by atoms with Crippen molar-refractivity contribution >= 4 is 5.97 Å². The highest BCUT2D eigenvalue weighted by Gasteiger charge is 2.07. The Morgan fingerprint density at radius 1 is 1.06 bits per heavy atom. The van der Waals surface area contributed by atoms with Crippen molar-refractivity contribution in [3.05, 3.63) is 65.7 Å². The number of carbonyl (C=O) groups is 1. The molecule has 2 aromatic rings.